The molecule has 3 rings (SSSR count). The third-order valence-corrected chi connectivity index (χ3v) is 5.53. The molecule has 0 unspecified atom stereocenters. The van der Waals surface area contributed by atoms with Gasteiger partial charge in [0.2, 0.25) is 5.91 Å². The van der Waals surface area contributed by atoms with Gasteiger partial charge in [0, 0.05) is 18.1 Å². The van der Waals surface area contributed by atoms with E-state index >= 15 is 0 Å². The van der Waals surface area contributed by atoms with E-state index in [1.807, 2.05) is 25.1 Å². The highest BCUT2D eigenvalue weighted by molar-refractivity contribution is 7.99. The Balaban J connectivity index is 1.51. The Labute approximate surface area is 177 Å². The first kappa shape index (κ1) is 21.1. The fraction of sp³-hybridized carbons (Fsp3) is 0.250. The zero-order chi connectivity index (χ0) is 20.8. The number of benzene rings is 2. The van der Waals surface area contributed by atoms with Gasteiger partial charge in [0.25, 0.3) is 0 Å². The van der Waals surface area contributed by atoms with E-state index in [4.69, 9.17) is 16.3 Å². The number of carbonyl (C=O) groups excluding carboxylic acids is 1. The minimum atomic E-state index is -0.359. The number of hydrogen-bond acceptors (Lipinski definition) is 5. The van der Waals surface area contributed by atoms with Crippen LogP contribution in [-0.4, -0.2) is 51.5 Å². The summed E-state index contributed by atoms with van der Waals surface area (Å²) in [5.41, 5.74) is 1.81. The predicted molar refractivity (Wildman–Crippen MR) is 111 cm³/mol. The van der Waals surface area contributed by atoms with Gasteiger partial charge in [-0.15, -0.1) is 10.2 Å². The predicted octanol–water partition coefficient (Wildman–Crippen LogP) is 4.00. The van der Waals surface area contributed by atoms with Crippen LogP contribution in [0.5, 0.6) is 5.75 Å². The first-order valence-corrected chi connectivity index (χ1v) is 10.2. The normalized spacial score (nSPS) is 10.8. The molecule has 0 aliphatic rings. The van der Waals surface area contributed by atoms with Gasteiger partial charge >= 0.3 is 0 Å². The van der Waals surface area contributed by atoms with Gasteiger partial charge < -0.3 is 9.64 Å². The van der Waals surface area contributed by atoms with E-state index in [-0.39, 0.29) is 24.1 Å². The highest BCUT2D eigenvalue weighted by Gasteiger charge is 2.14. The lowest BCUT2D eigenvalue weighted by atomic mass is 10.2. The van der Waals surface area contributed by atoms with Crippen LogP contribution in [0.25, 0.3) is 5.69 Å². The molecule has 6 nitrogen and oxygen atoms in total. The molecule has 3 aromatic rings. The van der Waals surface area contributed by atoms with Crippen LogP contribution < -0.4 is 4.74 Å². The molecular formula is C20H20ClFN4O2S. The van der Waals surface area contributed by atoms with Gasteiger partial charge in [-0.05, 0) is 36.8 Å². The Hall–Kier alpha value is -2.58. The third kappa shape index (κ3) is 5.71. The average Bonchev–Trinajstić information content (AvgIpc) is 3.17. The van der Waals surface area contributed by atoms with Gasteiger partial charge in [-0.2, -0.15) is 0 Å². The lowest BCUT2D eigenvalue weighted by Gasteiger charge is -2.17. The monoisotopic (exact) mass is 434 g/mol. The lowest BCUT2D eigenvalue weighted by Crippen LogP contribution is -2.32. The quantitative estimate of drug-likeness (QED) is 0.501. The van der Waals surface area contributed by atoms with Crippen LogP contribution in [0.15, 0.2) is 53.9 Å². The molecule has 0 fully saturated rings. The maximum absolute atomic E-state index is 13.1. The van der Waals surface area contributed by atoms with Crippen LogP contribution in [0, 0.1) is 12.7 Å². The Bertz CT molecular complexity index is 998. The van der Waals surface area contributed by atoms with Crippen molar-refractivity contribution in [3.8, 4) is 11.4 Å². The van der Waals surface area contributed by atoms with Crippen LogP contribution in [0.4, 0.5) is 4.39 Å². The second-order valence-electron chi connectivity index (χ2n) is 6.33. The molecule has 1 heterocycles. The summed E-state index contributed by atoms with van der Waals surface area (Å²) in [6.45, 7) is 2.59. The van der Waals surface area contributed by atoms with Crippen molar-refractivity contribution in [1.82, 2.24) is 19.7 Å². The minimum Gasteiger partial charge on any atom is -0.492 e. The van der Waals surface area contributed by atoms with E-state index < -0.39 is 0 Å². The maximum atomic E-state index is 13.1. The topological polar surface area (TPSA) is 60.2 Å². The van der Waals surface area contributed by atoms with Crippen molar-refractivity contribution in [2.75, 3.05) is 26.0 Å². The summed E-state index contributed by atoms with van der Waals surface area (Å²) in [4.78, 5) is 14.0. The molecule has 1 amide bonds. The number of carbonyl (C=O) groups is 1. The molecule has 152 valence electrons. The van der Waals surface area contributed by atoms with Crippen molar-refractivity contribution in [2.45, 2.75) is 12.1 Å². The zero-order valence-electron chi connectivity index (χ0n) is 16.0. The van der Waals surface area contributed by atoms with Crippen LogP contribution in [0.3, 0.4) is 0 Å². The van der Waals surface area contributed by atoms with Crippen LogP contribution >= 0.6 is 23.4 Å². The fourth-order valence-electron chi connectivity index (χ4n) is 2.45. The summed E-state index contributed by atoms with van der Waals surface area (Å²) in [5.74, 6) is 0.205. The standard InChI is InChI=1S/C20H20ClFN4O2S/c1-14-6-7-16(11-18(14)21)26-13-23-24-20(26)29-12-19(27)25(2)8-9-28-17-5-3-4-15(22)10-17/h3-7,10-11,13H,8-9,12H2,1-2H3. The number of halogens is 2. The second kappa shape index (κ2) is 9.76. The summed E-state index contributed by atoms with van der Waals surface area (Å²) in [6.07, 6.45) is 1.59. The van der Waals surface area contributed by atoms with Crippen molar-refractivity contribution < 1.29 is 13.9 Å². The molecule has 1 aromatic heterocycles. The van der Waals surface area contributed by atoms with Gasteiger partial charge in [-0.3, -0.25) is 9.36 Å². The summed E-state index contributed by atoms with van der Waals surface area (Å²) < 4.78 is 20.4. The number of amides is 1. The highest BCUT2D eigenvalue weighted by Crippen LogP contribution is 2.24. The molecule has 0 saturated carbocycles. The van der Waals surface area contributed by atoms with Crippen molar-refractivity contribution >= 4 is 29.3 Å². The van der Waals surface area contributed by atoms with E-state index in [0.717, 1.165) is 11.3 Å². The number of aromatic nitrogens is 3. The third-order valence-electron chi connectivity index (χ3n) is 4.19. The average molecular weight is 435 g/mol. The van der Waals surface area contributed by atoms with E-state index in [9.17, 15) is 9.18 Å². The summed E-state index contributed by atoms with van der Waals surface area (Å²) in [6, 6.07) is 11.6. The summed E-state index contributed by atoms with van der Waals surface area (Å²) in [7, 11) is 1.70. The SMILES string of the molecule is Cc1ccc(-n2cnnc2SCC(=O)N(C)CCOc2cccc(F)c2)cc1Cl. The smallest absolute Gasteiger partial charge is 0.232 e. The fourth-order valence-corrected chi connectivity index (χ4v) is 3.49. The molecule has 0 N–H and O–H groups in total. The second-order valence-corrected chi connectivity index (χ2v) is 7.68. The molecular weight excluding hydrogens is 415 g/mol. The van der Waals surface area contributed by atoms with E-state index in [1.54, 1.807) is 35.0 Å². The zero-order valence-corrected chi connectivity index (χ0v) is 17.6. The number of hydrogen-bond donors (Lipinski definition) is 0. The Morgan fingerprint density at radius 2 is 2.14 bits per heavy atom. The van der Waals surface area contributed by atoms with E-state index in [2.05, 4.69) is 10.2 Å². The molecule has 0 aliphatic carbocycles. The summed E-state index contributed by atoms with van der Waals surface area (Å²) >= 11 is 7.49. The van der Waals surface area contributed by atoms with Gasteiger partial charge in [0.15, 0.2) is 5.16 Å². The number of ether oxygens (including phenoxy) is 1. The van der Waals surface area contributed by atoms with E-state index in [0.29, 0.717) is 22.5 Å². The molecule has 0 aliphatic heterocycles. The van der Waals surface area contributed by atoms with Crippen LogP contribution in [-0.2, 0) is 4.79 Å². The molecule has 9 heteroatoms. The number of likely N-dealkylation sites (N-methyl/N-ethyl adjacent to an activating group) is 1. The lowest BCUT2D eigenvalue weighted by molar-refractivity contribution is -0.127. The highest BCUT2D eigenvalue weighted by atomic mass is 35.5. The first-order chi connectivity index (χ1) is 13.9. The molecule has 2 aromatic carbocycles. The summed E-state index contributed by atoms with van der Waals surface area (Å²) in [5, 5.41) is 9.28. The Morgan fingerprint density at radius 1 is 1.31 bits per heavy atom. The first-order valence-electron chi connectivity index (χ1n) is 8.85. The van der Waals surface area contributed by atoms with Crippen LogP contribution in [0.2, 0.25) is 5.02 Å². The minimum absolute atomic E-state index is 0.0747. The van der Waals surface area contributed by atoms with Crippen molar-refractivity contribution in [2.24, 2.45) is 0 Å². The molecule has 0 radical (unpaired) electrons. The van der Waals surface area contributed by atoms with Crippen molar-refractivity contribution in [3.05, 3.63) is 65.2 Å². The van der Waals surface area contributed by atoms with Crippen molar-refractivity contribution in [3.63, 3.8) is 0 Å². The van der Waals surface area contributed by atoms with Crippen molar-refractivity contribution in [1.29, 1.82) is 0 Å². The number of nitrogens with zero attached hydrogens (tertiary/aromatic N) is 4. The van der Waals surface area contributed by atoms with Gasteiger partial charge in [-0.1, -0.05) is 35.5 Å². The van der Waals surface area contributed by atoms with Crippen LogP contribution in [0.1, 0.15) is 5.56 Å². The van der Waals surface area contributed by atoms with Gasteiger partial charge in [-0.25, -0.2) is 4.39 Å². The molecule has 29 heavy (non-hydrogen) atoms. The Kier molecular flexibility index (Phi) is 7.11. The molecule has 0 spiro atoms. The molecule has 0 saturated heterocycles. The maximum Gasteiger partial charge on any atom is 0.232 e. The largest absolute Gasteiger partial charge is 0.492 e. The molecule has 0 atom stereocenters. The number of rotatable bonds is 8. The van der Waals surface area contributed by atoms with E-state index in [1.165, 1.54) is 23.9 Å². The Morgan fingerprint density at radius 3 is 2.90 bits per heavy atom. The van der Waals surface area contributed by atoms with Gasteiger partial charge in [0.1, 0.15) is 24.5 Å². The number of thioether (sulfide) groups is 1. The van der Waals surface area contributed by atoms with Gasteiger partial charge in [0.05, 0.1) is 18.0 Å². The molecule has 0 bridgehead atoms. The number of aryl methyl sites for hydroxylation is 1.